The van der Waals surface area contributed by atoms with Gasteiger partial charge in [0.25, 0.3) is 5.69 Å². The van der Waals surface area contributed by atoms with E-state index in [1.165, 1.54) is 12.1 Å². The van der Waals surface area contributed by atoms with Gasteiger partial charge in [0, 0.05) is 42.9 Å². The summed E-state index contributed by atoms with van der Waals surface area (Å²) in [7, 11) is 0. The third kappa shape index (κ3) is 4.17. The molecule has 27 heavy (non-hydrogen) atoms. The molecular weight excluding hydrogens is 344 g/mol. The molecule has 0 aromatic heterocycles. The molecule has 0 atom stereocenters. The van der Waals surface area contributed by atoms with E-state index in [1.807, 2.05) is 31.2 Å². The number of ketones is 1. The van der Waals surface area contributed by atoms with Crippen molar-refractivity contribution in [2.45, 2.75) is 38.2 Å². The maximum Gasteiger partial charge on any atom is 0.269 e. The van der Waals surface area contributed by atoms with Crippen molar-refractivity contribution in [3.8, 4) is 0 Å². The number of nitro groups is 1. The van der Waals surface area contributed by atoms with Crippen molar-refractivity contribution in [1.82, 2.24) is 0 Å². The van der Waals surface area contributed by atoms with Crippen molar-refractivity contribution in [2.75, 3.05) is 18.0 Å². The molecule has 0 radical (unpaired) electrons. The molecule has 0 bridgehead atoms. The molecule has 1 heterocycles. The van der Waals surface area contributed by atoms with E-state index in [9.17, 15) is 20.0 Å². The van der Waals surface area contributed by atoms with E-state index in [0.29, 0.717) is 37.9 Å². The monoisotopic (exact) mass is 368 g/mol. The number of aliphatic hydroxyl groups is 1. The van der Waals surface area contributed by atoms with E-state index in [4.69, 9.17) is 0 Å². The van der Waals surface area contributed by atoms with Crippen LogP contribution in [0, 0.1) is 10.1 Å². The van der Waals surface area contributed by atoms with Crippen molar-refractivity contribution < 1.29 is 14.8 Å². The van der Waals surface area contributed by atoms with Gasteiger partial charge in [-0.15, -0.1) is 0 Å². The minimum atomic E-state index is -1.06. The third-order valence-corrected chi connectivity index (χ3v) is 5.22. The van der Waals surface area contributed by atoms with Crippen LogP contribution in [0.1, 0.15) is 48.5 Å². The maximum atomic E-state index is 12.0. The Labute approximate surface area is 158 Å². The van der Waals surface area contributed by atoms with Crippen molar-refractivity contribution >= 4 is 17.2 Å². The fourth-order valence-electron chi connectivity index (χ4n) is 3.56. The summed E-state index contributed by atoms with van der Waals surface area (Å²) in [6.07, 6.45) is 2.37. The van der Waals surface area contributed by atoms with Crippen LogP contribution in [0.15, 0.2) is 48.5 Å². The highest BCUT2D eigenvalue weighted by molar-refractivity contribution is 5.96. The fraction of sp³-hybridized carbons (Fsp3) is 0.381. The van der Waals surface area contributed by atoms with Crippen molar-refractivity contribution in [3.05, 3.63) is 69.8 Å². The third-order valence-electron chi connectivity index (χ3n) is 5.22. The van der Waals surface area contributed by atoms with Crippen LogP contribution in [0.25, 0.3) is 0 Å². The highest BCUT2D eigenvalue weighted by Gasteiger charge is 2.35. The summed E-state index contributed by atoms with van der Waals surface area (Å²) < 4.78 is 0. The molecule has 1 N–H and O–H groups in total. The predicted molar refractivity (Wildman–Crippen MR) is 104 cm³/mol. The molecule has 1 fully saturated rings. The number of piperidine rings is 1. The van der Waals surface area contributed by atoms with Crippen LogP contribution in [0.4, 0.5) is 11.4 Å². The summed E-state index contributed by atoms with van der Waals surface area (Å²) in [6, 6.07) is 13.9. The van der Waals surface area contributed by atoms with E-state index in [2.05, 4.69) is 4.90 Å². The lowest BCUT2D eigenvalue weighted by Gasteiger charge is -2.39. The molecule has 0 aliphatic carbocycles. The number of nitrogens with zero attached hydrogens (tertiary/aromatic N) is 2. The van der Waals surface area contributed by atoms with Gasteiger partial charge in [-0.1, -0.05) is 19.1 Å². The summed E-state index contributed by atoms with van der Waals surface area (Å²) in [5.41, 5.74) is 1.28. The van der Waals surface area contributed by atoms with Crippen LogP contribution in [0.3, 0.4) is 0 Å². The Bertz CT molecular complexity index is 824. The van der Waals surface area contributed by atoms with Gasteiger partial charge in [-0.05, 0) is 49.1 Å². The number of hydrogen-bond donors (Lipinski definition) is 1. The molecule has 3 rings (SSSR count). The second-order valence-electron chi connectivity index (χ2n) is 7.05. The topological polar surface area (TPSA) is 83.7 Å². The minimum Gasteiger partial charge on any atom is -0.385 e. The van der Waals surface area contributed by atoms with Gasteiger partial charge in [0.1, 0.15) is 0 Å². The largest absolute Gasteiger partial charge is 0.385 e. The number of anilines is 1. The maximum absolute atomic E-state index is 12.0. The smallest absolute Gasteiger partial charge is 0.269 e. The number of nitro benzene ring substituents is 1. The van der Waals surface area contributed by atoms with Crippen LogP contribution in [-0.2, 0) is 5.60 Å². The average Bonchev–Trinajstić information content (AvgIpc) is 2.69. The quantitative estimate of drug-likeness (QED) is 0.472. The number of rotatable bonds is 6. The molecule has 1 aliphatic heterocycles. The molecule has 2 aromatic carbocycles. The summed E-state index contributed by atoms with van der Waals surface area (Å²) in [6.45, 7) is 3.27. The average molecular weight is 368 g/mol. The first-order chi connectivity index (χ1) is 12.9. The molecular formula is C21H24N2O4. The van der Waals surface area contributed by atoms with E-state index >= 15 is 0 Å². The van der Waals surface area contributed by atoms with Gasteiger partial charge >= 0.3 is 0 Å². The van der Waals surface area contributed by atoms with E-state index in [1.54, 1.807) is 12.1 Å². The Hall–Kier alpha value is -2.73. The molecule has 0 spiro atoms. The number of hydrogen-bond acceptors (Lipinski definition) is 5. The van der Waals surface area contributed by atoms with Crippen LogP contribution >= 0.6 is 0 Å². The Morgan fingerprint density at radius 1 is 1.19 bits per heavy atom. The zero-order valence-corrected chi connectivity index (χ0v) is 15.4. The zero-order valence-electron chi connectivity index (χ0n) is 15.4. The number of carbonyl (C=O) groups is 1. The predicted octanol–water partition coefficient (Wildman–Crippen LogP) is 4.07. The fourth-order valence-corrected chi connectivity index (χ4v) is 3.56. The second kappa shape index (κ2) is 7.88. The lowest BCUT2D eigenvalue weighted by atomic mass is 9.84. The van der Waals surface area contributed by atoms with Gasteiger partial charge in [-0.3, -0.25) is 14.9 Å². The SMILES string of the molecule is CCCC(=O)c1ccc(N2CCC(O)(c3cccc([N+](=O)[O-])c3)CC2)cc1. The summed E-state index contributed by atoms with van der Waals surface area (Å²) >= 11 is 0. The summed E-state index contributed by atoms with van der Waals surface area (Å²) in [5.74, 6) is 0.155. The summed E-state index contributed by atoms with van der Waals surface area (Å²) in [4.78, 5) is 24.7. The van der Waals surface area contributed by atoms with Gasteiger partial charge < -0.3 is 10.0 Å². The molecule has 2 aromatic rings. The molecule has 142 valence electrons. The Kier molecular flexibility index (Phi) is 5.56. The first-order valence-corrected chi connectivity index (χ1v) is 9.28. The van der Waals surface area contributed by atoms with E-state index < -0.39 is 10.5 Å². The highest BCUT2D eigenvalue weighted by atomic mass is 16.6. The Morgan fingerprint density at radius 2 is 1.85 bits per heavy atom. The Balaban J connectivity index is 1.68. The van der Waals surface area contributed by atoms with Crippen LogP contribution in [0.5, 0.6) is 0 Å². The lowest BCUT2D eigenvalue weighted by Crippen LogP contribution is -2.42. The number of carbonyl (C=O) groups excluding carboxylic acids is 1. The molecule has 6 heteroatoms. The van der Waals surface area contributed by atoms with Crippen molar-refractivity contribution in [3.63, 3.8) is 0 Å². The second-order valence-corrected chi connectivity index (χ2v) is 7.05. The standard InChI is InChI=1S/C21H24N2O4/c1-2-4-20(24)16-7-9-18(10-8-16)22-13-11-21(25,12-14-22)17-5-3-6-19(15-17)23(26)27/h3,5-10,15,25H,2,4,11-14H2,1H3. The molecule has 0 saturated carbocycles. The molecule has 6 nitrogen and oxygen atoms in total. The number of benzene rings is 2. The van der Waals surface area contributed by atoms with E-state index in [0.717, 1.165) is 17.7 Å². The number of Topliss-reactive ketones (excluding diaryl/α,β-unsaturated/α-hetero) is 1. The van der Waals surface area contributed by atoms with Gasteiger partial charge in [0.2, 0.25) is 0 Å². The van der Waals surface area contributed by atoms with Gasteiger partial charge in [-0.25, -0.2) is 0 Å². The Morgan fingerprint density at radius 3 is 2.44 bits per heavy atom. The molecule has 0 amide bonds. The van der Waals surface area contributed by atoms with Crippen LogP contribution in [0.2, 0.25) is 0 Å². The van der Waals surface area contributed by atoms with E-state index in [-0.39, 0.29) is 11.5 Å². The first-order valence-electron chi connectivity index (χ1n) is 9.28. The van der Waals surface area contributed by atoms with Crippen molar-refractivity contribution in [2.24, 2.45) is 0 Å². The summed E-state index contributed by atoms with van der Waals surface area (Å²) in [5, 5.41) is 22.0. The molecule has 1 saturated heterocycles. The van der Waals surface area contributed by atoms with Gasteiger partial charge in [0.15, 0.2) is 5.78 Å². The van der Waals surface area contributed by atoms with Gasteiger partial charge in [0.05, 0.1) is 10.5 Å². The zero-order chi connectivity index (χ0) is 19.4. The normalized spacial score (nSPS) is 16.1. The van der Waals surface area contributed by atoms with Crippen molar-refractivity contribution in [1.29, 1.82) is 0 Å². The molecule has 0 unspecified atom stereocenters. The van der Waals surface area contributed by atoms with Crippen LogP contribution < -0.4 is 4.90 Å². The minimum absolute atomic E-state index is 0.00399. The van der Waals surface area contributed by atoms with Crippen LogP contribution in [-0.4, -0.2) is 28.9 Å². The molecule has 1 aliphatic rings. The lowest BCUT2D eigenvalue weighted by molar-refractivity contribution is -0.385. The van der Waals surface area contributed by atoms with Gasteiger partial charge in [-0.2, -0.15) is 0 Å². The highest BCUT2D eigenvalue weighted by Crippen LogP contribution is 2.35. The first kappa shape index (κ1) is 19.0. The number of non-ortho nitro benzene ring substituents is 1.